The summed E-state index contributed by atoms with van der Waals surface area (Å²) in [6, 6.07) is 0. The largest absolute Gasteiger partial charge is 0.396 e. The maximum Gasteiger partial charge on any atom is 0.182 e. The van der Waals surface area contributed by atoms with E-state index in [-0.39, 0.29) is 22.7 Å². The van der Waals surface area contributed by atoms with Gasteiger partial charge in [0.05, 0.1) is 6.61 Å². The first kappa shape index (κ1) is 16.2. The van der Waals surface area contributed by atoms with E-state index < -0.39 is 9.84 Å². The Hall–Kier alpha value is -0.860. The van der Waals surface area contributed by atoms with E-state index in [1.54, 1.807) is 0 Å². The van der Waals surface area contributed by atoms with Gasteiger partial charge in [0.25, 0.3) is 0 Å². The Morgan fingerprint density at radius 1 is 1.42 bits per heavy atom. The maximum absolute atomic E-state index is 11.7. The minimum Gasteiger partial charge on any atom is -0.396 e. The molecule has 0 saturated heterocycles. The first-order valence-electron chi connectivity index (χ1n) is 6.09. The van der Waals surface area contributed by atoms with Gasteiger partial charge in [-0.2, -0.15) is 4.37 Å². The van der Waals surface area contributed by atoms with Crippen molar-refractivity contribution in [1.29, 1.82) is 0 Å². The quantitative estimate of drug-likeness (QED) is 0.702. The van der Waals surface area contributed by atoms with E-state index >= 15 is 0 Å². The van der Waals surface area contributed by atoms with Gasteiger partial charge >= 0.3 is 0 Å². The van der Waals surface area contributed by atoms with Crippen molar-refractivity contribution in [2.24, 2.45) is 5.41 Å². The third-order valence-corrected chi connectivity index (χ3v) is 5.61. The van der Waals surface area contributed by atoms with E-state index in [2.05, 4.69) is 9.69 Å². The van der Waals surface area contributed by atoms with Gasteiger partial charge in [0.2, 0.25) is 0 Å². The van der Waals surface area contributed by atoms with Gasteiger partial charge in [-0.1, -0.05) is 13.8 Å². The fourth-order valence-electron chi connectivity index (χ4n) is 1.81. The van der Waals surface area contributed by atoms with Crippen molar-refractivity contribution in [3.05, 3.63) is 0 Å². The van der Waals surface area contributed by atoms with Gasteiger partial charge in [-0.15, -0.1) is 0 Å². The number of aliphatic hydroxyl groups is 1. The highest BCUT2D eigenvalue weighted by atomic mass is 32.2. The number of nitrogens with zero attached hydrogens (tertiary/aromatic N) is 1. The molecule has 8 heteroatoms. The lowest BCUT2D eigenvalue weighted by molar-refractivity contribution is 0.127. The summed E-state index contributed by atoms with van der Waals surface area (Å²) in [5.41, 5.74) is 5.34. The first-order valence-corrected chi connectivity index (χ1v) is 8.76. The number of nitrogens with one attached hydrogen (secondary N) is 1. The maximum atomic E-state index is 11.7. The van der Waals surface area contributed by atoms with Crippen LogP contribution in [-0.4, -0.2) is 37.3 Å². The molecular weight excluding hydrogens is 286 g/mol. The number of rotatable bonds is 7. The summed E-state index contributed by atoms with van der Waals surface area (Å²) in [5, 5.41) is 13.0. The van der Waals surface area contributed by atoms with Crippen molar-refractivity contribution in [2.45, 2.75) is 31.6 Å². The molecule has 110 valence electrons. The molecule has 0 radical (unpaired) electrons. The molecule has 1 aromatic rings. The molecule has 6 nitrogen and oxygen atoms in total. The molecule has 0 aliphatic heterocycles. The topological polar surface area (TPSA) is 105 Å². The Kier molecular flexibility index (Phi) is 5.17. The zero-order chi connectivity index (χ0) is 14.7. The van der Waals surface area contributed by atoms with Crippen LogP contribution >= 0.6 is 11.5 Å². The number of aromatic nitrogens is 1. The van der Waals surface area contributed by atoms with E-state index in [4.69, 9.17) is 5.73 Å². The Labute approximate surface area is 118 Å². The molecule has 0 unspecified atom stereocenters. The molecule has 0 aromatic carbocycles. The number of hydrogen-bond acceptors (Lipinski definition) is 7. The molecule has 0 aliphatic carbocycles. The number of anilines is 2. The highest BCUT2D eigenvalue weighted by molar-refractivity contribution is 7.91. The fourth-order valence-corrected chi connectivity index (χ4v) is 3.88. The van der Waals surface area contributed by atoms with Crippen molar-refractivity contribution < 1.29 is 13.5 Å². The molecule has 4 N–H and O–H groups in total. The summed E-state index contributed by atoms with van der Waals surface area (Å²) in [6.45, 7) is 4.54. The third-order valence-electron chi connectivity index (χ3n) is 3.50. The van der Waals surface area contributed by atoms with Crippen molar-refractivity contribution in [1.82, 2.24) is 4.37 Å². The number of nitrogen functional groups attached to an aromatic ring is 1. The van der Waals surface area contributed by atoms with E-state index in [9.17, 15) is 13.5 Å². The minimum absolute atomic E-state index is 0.0256. The van der Waals surface area contributed by atoms with Crippen LogP contribution in [0.1, 0.15) is 26.7 Å². The second-order valence-corrected chi connectivity index (χ2v) is 7.44. The van der Waals surface area contributed by atoms with Crippen LogP contribution in [0.5, 0.6) is 0 Å². The zero-order valence-electron chi connectivity index (χ0n) is 11.4. The lowest BCUT2D eigenvalue weighted by Gasteiger charge is -2.29. The second kappa shape index (κ2) is 6.06. The predicted octanol–water partition coefficient (Wildman–Crippen LogP) is 1.34. The molecule has 1 rings (SSSR count). The van der Waals surface area contributed by atoms with Crippen molar-refractivity contribution in [3.8, 4) is 0 Å². The fraction of sp³-hybridized carbons (Fsp3) is 0.727. The van der Waals surface area contributed by atoms with Crippen molar-refractivity contribution in [3.63, 3.8) is 0 Å². The average Bonchev–Trinajstić information content (AvgIpc) is 2.73. The van der Waals surface area contributed by atoms with E-state index in [1.165, 1.54) is 0 Å². The summed E-state index contributed by atoms with van der Waals surface area (Å²) in [5.74, 6) is 0.0256. The van der Waals surface area contributed by atoms with Crippen LogP contribution in [0, 0.1) is 5.41 Å². The van der Waals surface area contributed by atoms with Crippen LogP contribution < -0.4 is 11.1 Å². The lowest BCUT2D eigenvalue weighted by Crippen LogP contribution is -2.32. The van der Waals surface area contributed by atoms with Crippen LogP contribution in [0.15, 0.2) is 4.90 Å². The van der Waals surface area contributed by atoms with Gasteiger partial charge in [0.15, 0.2) is 15.7 Å². The Bertz CT molecular complexity index is 513. The van der Waals surface area contributed by atoms with Crippen LogP contribution in [0.3, 0.4) is 0 Å². The van der Waals surface area contributed by atoms with Crippen LogP contribution in [0.4, 0.5) is 10.8 Å². The van der Waals surface area contributed by atoms with Gasteiger partial charge < -0.3 is 16.2 Å². The Balaban J connectivity index is 2.96. The van der Waals surface area contributed by atoms with E-state index in [0.29, 0.717) is 11.5 Å². The standard InChI is InChI=1S/C11H21N3O3S2/c1-4-11(5-2,7-15)6-13-10-8(19(3,16)17)9(12)14-18-10/h13,15H,4-7H2,1-3H3,(H2,12,14). The number of hydrogen-bond donors (Lipinski definition) is 3. The number of sulfone groups is 1. The van der Waals surface area contributed by atoms with Crippen molar-refractivity contribution >= 4 is 32.2 Å². The molecule has 0 atom stereocenters. The molecule has 0 spiro atoms. The van der Waals surface area contributed by atoms with Gasteiger partial charge in [-0.3, -0.25) is 0 Å². The first-order chi connectivity index (χ1) is 8.79. The molecule has 0 bridgehead atoms. The molecule has 19 heavy (non-hydrogen) atoms. The van der Waals surface area contributed by atoms with Gasteiger partial charge in [-0.05, 0) is 24.4 Å². The second-order valence-electron chi connectivity index (χ2n) is 4.72. The summed E-state index contributed by atoms with van der Waals surface area (Å²) in [4.78, 5) is 0.0524. The van der Waals surface area contributed by atoms with Crippen LogP contribution in [-0.2, 0) is 9.84 Å². The Morgan fingerprint density at radius 2 is 2.00 bits per heavy atom. The monoisotopic (exact) mass is 307 g/mol. The van der Waals surface area contributed by atoms with Crippen LogP contribution in [0.25, 0.3) is 0 Å². The zero-order valence-corrected chi connectivity index (χ0v) is 13.1. The van der Waals surface area contributed by atoms with E-state index in [0.717, 1.165) is 30.6 Å². The van der Waals surface area contributed by atoms with Gasteiger partial charge in [-0.25, -0.2) is 8.42 Å². The minimum atomic E-state index is -3.41. The third kappa shape index (κ3) is 3.58. The molecule has 1 heterocycles. The molecule has 0 fully saturated rings. The number of nitrogens with two attached hydrogens (primary N) is 1. The van der Waals surface area contributed by atoms with E-state index in [1.807, 2.05) is 13.8 Å². The molecule has 0 aliphatic rings. The average molecular weight is 307 g/mol. The number of aliphatic hydroxyl groups excluding tert-OH is 1. The van der Waals surface area contributed by atoms with Crippen molar-refractivity contribution in [2.75, 3.05) is 30.5 Å². The van der Waals surface area contributed by atoms with Gasteiger partial charge in [0, 0.05) is 18.2 Å². The molecule has 1 aromatic heterocycles. The summed E-state index contributed by atoms with van der Waals surface area (Å²) in [7, 11) is -3.41. The molecule has 0 amide bonds. The predicted molar refractivity (Wildman–Crippen MR) is 78.2 cm³/mol. The highest BCUT2D eigenvalue weighted by Crippen LogP contribution is 2.33. The molecular formula is C11H21N3O3S2. The normalized spacial score (nSPS) is 12.6. The smallest absolute Gasteiger partial charge is 0.182 e. The summed E-state index contributed by atoms with van der Waals surface area (Å²) >= 11 is 1.03. The SMILES string of the molecule is CCC(CC)(CO)CNc1snc(N)c1S(C)(=O)=O. The van der Waals surface area contributed by atoms with Crippen LogP contribution in [0.2, 0.25) is 0 Å². The lowest BCUT2D eigenvalue weighted by atomic mass is 9.83. The summed E-state index contributed by atoms with van der Waals surface area (Å²) in [6.07, 6.45) is 2.71. The van der Waals surface area contributed by atoms with Gasteiger partial charge in [0.1, 0.15) is 9.90 Å². The summed E-state index contributed by atoms with van der Waals surface area (Å²) < 4.78 is 27.2. The highest BCUT2D eigenvalue weighted by Gasteiger charge is 2.27. The molecule has 0 saturated carbocycles. The Morgan fingerprint density at radius 3 is 2.42 bits per heavy atom.